The van der Waals surface area contributed by atoms with E-state index < -0.39 is 0 Å². The molecule has 0 spiro atoms. The van der Waals surface area contributed by atoms with Gasteiger partial charge in [-0.05, 0) is 42.7 Å². The molecule has 0 nitrogen and oxygen atoms in total. The van der Waals surface area contributed by atoms with E-state index in [-0.39, 0.29) is 5.82 Å². The highest BCUT2D eigenvalue weighted by Gasteiger charge is 2.24. The molecular formula is C20H22ClF. The first-order valence-corrected chi connectivity index (χ1v) is 8.49. The molecular weight excluding hydrogens is 295 g/mol. The van der Waals surface area contributed by atoms with Crippen LogP contribution in [0.4, 0.5) is 4.39 Å². The van der Waals surface area contributed by atoms with Gasteiger partial charge in [0, 0.05) is 5.56 Å². The van der Waals surface area contributed by atoms with Crippen molar-refractivity contribution in [3.63, 3.8) is 0 Å². The van der Waals surface area contributed by atoms with Gasteiger partial charge in [0.1, 0.15) is 5.82 Å². The van der Waals surface area contributed by atoms with E-state index in [0.717, 1.165) is 29.9 Å². The third-order valence-electron chi connectivity index (χ3n) is 4.93. The molecule has 2 heteroatoms. The molecule has 0 radical (unpaired) electrons. The summed E-state index contributed by atoms with van der Waals surface area (Å²) in [4.78, 5) is 0. The molecule has 0 heterocycles. The van der Waals surface area contributed by atoms with Crippen LogP contribution in [0.3, 0.4) is 0 Å². The topological polar surface area (TPSA) is 0 Å². The molecule has 0 aromatic heterocycles. The zero-order valence-corrected chi connectivity index (χ0v) is 14.0. The van der Waals surface area contributed by atoms with Crippen LogP contribution >= 0.6 is 11.6 Å². The Morgan fingerprint density at radius 2 is 1.59 bits per heavy atom. The van der Waals surface area contributed by atoms with Crippen LogP contribution in [-0.2, 0) is 0 Å². The van der Waals surface area contributed by atoms with Crippen molar-refractivity contribution in [1.82, 2.24) is 0 Å². The van der Waals surface area contributed by atoms with E-state index in [1.165, 1.54) is 18.4 Å². The van der Waals surface area contributed by atoms with Gasteiger partial charge in [-0.15, -0.1) is 0 Å². The summed E-state index contributed by atoms with van der Waals surface area (Å²) in [7, 11) is 0. The van der Waals surface area contributed by atoms with Gasteiger partial charge in [0.2, 0.25) is 0 Å². The summed E-state index contributed by atoms with van der Waals surface area (Å²) in [5.74, 6) is 0.915. The minimum absolute atomic E-state index is 0.276. The first-order valence-electron chi connectivity index (χ1n) is 8.11. The molecule has 22 heavy (non-hydrogen) atoms. The first kappa shape index (κ1) is 15.6. The Morgan fingerprint density at radius 1 is 0.955 bits per heavy atom. The molecule has 1 saturated carbocycles. The molecule has 1 aliphatic rings. The second-order valence-corrected chi connectivity index (χ2v) is 7.03. The molecule has 0 atom stereocenters. The fraction of sp³-hybridized carbons (Fsp3) is 0.400. The molecule has 2 aromatic rings. The number of aryl methyl sites for hydroxylation is 1. The Bertz CT molecular complexity index is 652. The predicted molar refractivity (Wildman–Crippen MR) is 92.0 cm³/mol. The van der Waals surface area contributed by atoms with Crippen molar-refractivity contribution < 1.29 is 4.39 Å². The first-order chi connectivity index (χ1) is 10.6. The highest BCUT2D eigenvalue weighted by Crippen LogP contribution is 2.41. The van der Waals surface area contributed by atoms with Crippen LogP contribution in [0, 0.1) is 18.7 Å². The molecule has 0 N–H and O–H groups in total. The summed E-state index contributed by atoms with van der Waals surface area (Å²) >= 11 is 6.37. The second kappa shape index (κ2) is 6.42. The lowest BCUT2D eigenvalue weighted by Crippen LogP contribution is -2.11. The van der Waals surface area contributed by atoms with Crippen LogP contribution in [0.25, 0.3) is 11.1 Å². The van der Waals surface area contributed by atoms with Crippen molar-refractivity contribution >= 4 is 11.6 Å². The molecule has 0 aliphatic heterocycles. The van der Waals surface area contributed by atoms with Crippen LogP contribution in [0.15, 0.2) is 36.4 Å². The maximum atomic E-state index is 14.7. The summed E-state index contributed by atoms with van der Waals surface area (Å²) in [6.45, 7) is 4.32. The van der Waals surface area contributed by atoms with Crippen LogP contribution in [0.2, 0.25) is 5.02 Å². The molecule has 116 valence electrons. The summed E-state index contributed by atoms with van der Waals surface area (Å²) in [5, 5.41) is 0.317. The lowest BCUT2D eigenvalue weighted by Gasteiger charge is -2.27. The molecule has 0 amide bonds. The van der Waals surface area contributed by atoms with Gasteiger partial charge in [-0.25, -0.2) is 4.39 Å². The summed E-state index contributed by atoms with van der Waals surface area (Å²) in [6.07, 6.45) is 4.65. The smallest absolute Gasteiger partial charge is 0.149 e. The van der Waals surface area contributed by atoms with Crippen LogP contribution < -0.4 is 0 Å². The maximum absolute atomic E-state index is 14.7. The van der Waals surface area contributed by atoms with E-state index in [1.54, 1.807) is 0 Å². The average Bonchev–Trinajstić information content (AvgIpc) is 2.52. The lowest BCUT2D eigenvalue weighted by molar-refractivity contribution is 0.347. The van der Waals surface area contributed by atoms with Gasteiger partial charge in [0.15, 0.2) is 0 Å². The number of hydrogen-bond acceptors (Lipinski definition) is 0. The molecule has 0 saturated heterocycles. The molecule has 2 aromatic carbocycles. The highest BCUT2D eigenvalue weighted by molar-refractivity contribution is 6.32. The van der Waals surface area contributed by atoms with Crippen molar-refractivity contribution in [2.75, 3.05) is 0 Å². The Kier molecular flexibility index (Phi) is 4.54. The molecule has 1 fully saturated rings. The summed E-state index contributed by atoms with van der Waals surface area (Å²) < 4.78 is 14.7. The van der Waals surface area contributed by atoms with E-state index in [0.29, 0.717) is 16.5 Å². The zero-order chi connectivity index (χ0) is 15.7. The second-order valence-electron chi connectivity index (χ2n) is 6.65. The van der Waals surface area contributed by atoms with Crippen molar-refractivity contribution in [2.45, 2.75) is 45.4 Å². The molecule has 3 rings (SSSR count). The van der Waals surface area contributed by atoms with Gasteiger partial charge >= 0.3 is 0 Å². The maximum Gasteiger partial charge on any atom is 0.149 e. The Hall–Kier alpha value is -1.34. The minimum atomic E-state index is -0.276. The van der Waals surface area contributed by atoms with E-state index in [2.05, 4.69) is 6.92 Å². The van der Waals surface area contributed by atoms with E-state index in [1.807, 2.05) is 43.3 Å². The van der Waals surface area contributed by atoms with E-state index in [4.69, 9.17) is 11.6 Å². The third kappa shape index (κ3) is 3.05. The number of halogens is 2. The van der Waals surface area contributed by atoms with Crippen LogP contribution in [0.5, 0.6) is 0 Å². The van der Waals surface area contributed by atoms with Crippen LogP contribution in [-0.4, -0.2) is 0 Å². The fourth-order valence-corrected chi connectivity index (χ4v) is 3.73. The van der Waals surface area contributed by atoms with Crippen molar-refractivity contribution in [1.29, 1.82) is 0 Å². The fourth-order valence-electron chi connectivity index (χ4n) is 3.41. The minimum Gasteiger partial charge on any atom is -0.205 e. The lowest BCUT2D eigenvalue weighted by atomic mass is 9.79. The van der Waals surface area contributed by atoms with Gasteiger partial charge in [-0.1, -0.05) is 73.3 Å². The summed E-state index contributed by atoms with van der Waals surface area (Å²) in [6, 6.07) is 11.8. The van der Waals surface area contributed by atoms with E-state index >= 15 is 0 Å². The molecule has 0 unspecified atom stereocenters. The monoisotopic (exact) mass is 316 g/mol. The molecule has 0 bridgehead atoms. The van der Waals surface area contributed by atoms with Crippen LogP contribution in [0.1, 0.15) is 49.7 Å². The van der Waals surface area contributed by atoms with Gasteiger partial charge < -0.3 is 0 Å². The molecule has 1 aliphatic carbocycles. The summed E-state index contributed by atoms with van der Waals surface area (Å²) in [5.41, 5.74) is 3.64. The van der Waals surface area contributed by atoms with Gasteiger partial charge in [-0.2, -0.15) is 0 Å². The number of rotatable bonds is 2. The van der Waals surface area contributed by atoms with Crippen molar-refractivity contribution in [3.8, 4) is 11.1 Å². The van der Waals surface area contributed by atoms with Gasteiger partial charge in [0.05, 0.1) is 5.02 Å². The third-order valence-corrected chi connectivity index (χ3v) is 5.31. The normalized spacial score (nSPS) is 21.8. The number of benzene rings is 2. The van der Waals surface area contributed by atoms with Gasteiger partial charge in [-0.3, -0.25) is 0 Å². The standard InChI is InChI=1S/C20H22ClF/c1-13-3-7-15(8-4-13)17-11-12-18(20(22)19(17)21)16-9-5-14(2)6-10-16/h5-6,9-13,15H,3-4,7-8H2,1-2H3. The number of hydrogen-bond donors (Lipinski definition) is 0. The average molecular weight is 317 g/mol. The quantitative estimate of drug-likeness (QED) is 0.575. The highest BCUT2D eigenvalue weighted by atomic mass is 35.5. The van der Waals surface area contributed by atoms with E-state index in [9.17, 15) is 4.39 Å². The zero-order valence-electron chi connectivity index (χ0n) is 13.2. The van der Waals surface area contributed by atoms with Crippen molar-refractivity contribution in [3.05, 3.63) is 58.4 Å². The van der Waals surface area contributed by atoms with Crippen molar-refractivity contribution in [2.24, 2.45) is 5.92 Å². The Morgan fingerprint density at radius 3 is 2.23 bits per heavy atom. The SMILES string of the molecule is Cc1ccc(-c2ccc(C3CCC(C)CC3)c(Cl)c2F)cc1. The Labute approximate surface area is 137 Å². The van der Waals surface area contributed by atoms with Gasteiger partial charge in [0.25, 0.3) is 0 Å². The Balaban J connectivity index is 1.93. The predicted octanol–water partition coefficient (Wildman–Crippen LogP) is 6.75. The largest absolute Gasteiger partial charge is 0.205 e.